The van der Waals surface area contributed by atoms with E-state index in [9.17, 15) is 4.79 Å². The fourth-order valence-corrected chi connectivity index (χ4v) is 4.36. The largest absolute Gasteiger partial charge is 0.342 e. The summed E-state index contributed by atoms with van der Waals surface area (Å²) in [5.41, 5.74) is 0.786. The normalized spacial score (nSPS) is 30.6. The first kappa shape index (κ1) is 14.4. The third-order valence-electron chi connectivity index (χ3n) is 6.12. The van der Waals surface area contributed by atoms with Crippen LogP contribution in [0, 0.1) is 22.7 Å². The molecule has 3 heteroatoms. The van der Waals surface area contributed by atoms with Crippen LogP contribution in [-0.2, 0) is 4.79 Å². The van der Waals surface area contributed by atoms with E-state index < -0.39 is 0 Å². The van der Waals surface area contributed by atoms with Crippen LogP contribution in [0.1, 0.15) is 52.9 Å². The molecule has 3 aliphatic rings. The van der Waals surface area contributed by atoms with E-state index in [0.29, 0.717) is 22.7 Å². The highest BCUT2D eigenvalue weighted by Crippen LogP contribution is 2.59. The Labute approximate surface area is 123 Å². The van der Waals surface area contributed by atoms with Gasteiger partial charge >= 0.3 is 0 Å². The van der Waals surface area contributed by atoms with Crippen LogP contribution in [0.4, 0.5) is 0 Å². The zero-order valence-electron chi connectivity index (χ0n) is 13.4. The van der Waals surface area contributed by atoms with Crippen molar-refractivity contribution in [2.75, 3.05) is 26.2 Å². The Morgan fingerprint density at radius 1 is 1.15 bits per heavy atom. The van der Waals surface area contributed by atoms with Crippen LogP contribution < -0.4 is 5.32 Å². The number of nitrogens with one attached hydrogen (secondary N) is 1. The Balaban J connectivity index is 1.53. The molecule has 0 bridgehead atoms. The van der Waals surface area contributed by atoms with Crippen LogP contribution >= 0.6 is 0 Å². The lowest BCUT2D eigenvalue weighted by atomic mass is 9.75. The molecule has 20 heavy (non-hydrogen) atoms. The summed E-state index contributed by atoms with van der Waals surface area (Å²) >= 11 is 0. The summed E-state index contributed by atoms with van der Waals surface area (Å²) in [5, 5.41) is 3.42. The van der Waals surface area contributed by atoms with Crippen LogP contribution in [0.25, 0.3) is 0 Å². The number of nitrogens with zero attached hydrogens (tertiary/aromatic N) is 1. The molecule has 114 valence electrons. The number of likely N-dealkylation sites (tertiary alicyclic amines) is 1. The van der Waals surface area contributed by atoms with Gasteiger partial charge in [0.05, 0.1) is 0 Å². The maximum atomic E-state index is 12.7. The summed E-state index contributed by atoms with van der Waals surface area (Å²) in [4.78, 5) is 14.9. The predicted octanol–water partition coefficient (Wildman–Crippen LogP) is 2.66. The van der Waals surface area contributed by atoms with Crippen molar-refractivity contribution in [1.82, 2.24) is 10.2 Å². The number of amides is 1. The molecule has 2 aliphatic heterocycles. The zero-order valence-corrected chi connectivity index (χ0v) is 13.4. The minimum atomic E-state index is 0.357. The van der Waals surface area contributed by atoms with Crippen molar-refractivity contribution >= 4 is 5.91 Å². The second-order valence-corrected chi connectivity index (χ2v) is 8.33. The molecule has 1 saturated carbocycles. The molecule has 1 amide bonds. The summed E-state index contributed by atoms with van der Waals surface area (Å²) in [6, 6.07) is 0. The van der Waals surface area contributed by atoms with Gasteiger partial charge in [-0.1, -0.05) is 20.8 Å². The molecule has 0 aromatic heterocycles. The Morgan fingerprint density at radius 2 is 1.75 bits per heavy atom. The van der Waals surface area contributed by atoms with E-state index in [1.54, 1.807) is 0 Å². The van der Waals surface area contributed by atoms with Gasteiger partial charge in [0.1, 0.15) is 0 Å². The molecule has 1 unspecified atom stereocenters. The smallest absolute Gasteiger partial charge is 0.226 e. The Hall–Kier alpha value is -0.570. The number of carbonyl (C=O) groups excluding carboxylic acids is 1. The fraction of sp³-hybridized carbons (Fsp3) is 0.941. The lowest BCUT2D eigenvalue weighted by Gasteiger charge is -2.39. The number of rotatable bonds is 1. The van der Waals surface area contributed by atoms with Gasteiger partial charge in [-0.3, -0.25) is 4.79 Å². The molecule has 3 nitrogen and oxygen atoms in total. The molecule has 0 aromatic rings. The van der Waals surface area contributed by atoms with Crippen molar-refractivity contribution in [3.8, 4) is 0 Å². The van der Waals surface area contributed by atoms with Crippen LogP contribution in [0.15, 0.2) is 0 Å². The molecule has 3 fully saturated rings. The molecular weight excluding hydrogens is 248 g/mol. The van der Waals surface area contributed by atoms with Crippen molar-refractivity contribution in [2.45, 2.75) is 52.9 Å². The summed E-state index contributed by atoms with van der Waals surface area (Å²) < 4.78 is 0. The van der Waals surface area contributed by atoms with E-state index in [2.05, 4.69) is 31.0 Å². The van der Waals surface area contributed by atoms with Crippen molar-refractivity contribution in [2.24, 2.45) is 22.7 Å². The highest BCUT2D eigenvalue weighted by molar-refractivity contribution is 5.82. The molecule has 1 spiro atoms. The number of carbonyl (C=O) groups is 1. The molecule has 1 N–H and O–H groups in total. The molecule has 1 aliphatic carbocycles. The van der Waals surface area contributed by atoms with Gasteiger partial charge in [-0.15, -0.1) is 0 Å². The molecule has 0 radical (unpaired) electrons. The Bertz CT molecular complexity index is 371. The Kier molecular flexibility index (Phi) is 3.60. The molecule has 2 saturated heterocycles. The second-order valence-electron chi connectivity index (χ2n) is 8.33. The van der Waals surface area contributed by atoms with Crippen molar-refractivity contribution in [3.63, 3.8) is 0 Å². The molecular formula is C17H30N2O. The maximum Gasteiger partial charge on any atom is 0.226 e. The van der Waals surface area contributed by atoms with Gasteiger partial charge < -0.3 is 10.2 Å². The summed E-state index contributed by atoms with van der Waals surface area (Å²) in [5.74, 6) is 1.61. The van der Waals surface area contributed by atoms with Crippen molar-refractivity contribution in [3.05, 3.63) is 0 Å². The van der Waals surface area contributed by atoms with E-state index in [-0.39, 0.29) is 0 Å². The third kappa shape index (κ3) is 2.61. The average Bonchev–Trinajstić information content (AvgIpc) is 3.11. The standard InChI is InChI=1S/C17H30N2O/c1-16(2,3)13-4-10-19(11-5-13)15(20)14-12-17(14)6-8-18-9-7-17/h13-14,18H,4-12H2,1-3H3. The van der Waals surface area contributed by atoms with E-state index in [1.807, 2.05) is 0 Å². The summed E-state index contributed by atoms with van der Waals surface area (Å²) in [6.07, 6.45) is 5.96. The van der Waals surface area contributed by atoms with E-state index >= 15 is 0 Å². The molecule has 2 heterocycles. The highest BCUT2D eigenvalue weighted by atomic mass is 16.2. The molecule has 1 atom stereocenters. The average molecular weight is 278 g/mol. The summed E-state index contributed by atoms with van der Waals surface area (Å²) in [6.45, 7) is 11.2. The monoisotopic (exact) mass is 278 g/mol. The molecule has 3 rings (SSSR count). The van der Waals surface area contributed by atoms with Crippen LogP contribution in [0.5, 0.6) is 0 Å². The van der Waals surface area contributed by atoms with Crippen LogP contribution in [0.3, 0.4) is 0 Å². The summed E-state index contributed by atoms with van der Waals surface area (Å²) in [7, 11) is 0. The second kappa shape index (κ2) is 5.01. The lowest BCUT2D eigenvalue weighted by Crippen LogP contribution is -2.43. The topological polar surface area (TPSA) is 32.3 Å². The predicted molar refractivity (Wildman–Crippen MR) is 81.4 cm³/mol. The Morgan fingerprint density at radius 3 is 2.30 bits per heavy atom. The van der Waals surface area contributed by atoms with Gasteiger partial charge in [0.15, 0.2) is 0 Å². The third-order valence-corrected chi connectivity index (χ3v) is 6.12. The van der Waals surface area contributed by atoms with E-state index in [4.69, 9.17) is 0 Å². The number of piperidine rings is 2. The van der Waals surface area contributed by atoms with Crippen LogP contribution in [-0.4, -0.2) is 37.0 Å². The van der Waals surface area contributed by atoms with Gasteiger partial charge in [0, 0.05) is 19.0 Å². The minimum Gasteiger partial charge on any atom is -0.342 e. The molecule has 0 aromatic carbocycles. The van der Waals surface area contributed by atoms with Gasteiger partial charge in [-0.05, 0) is 61.9 Å². The first-order valence-electron chi connectivity index (χ1n) is 8.42. The van der Waals surface area contributed by atoms with Crippen molar-refractivity contribution in [1.29, 1.82) is 0 Å². The van der Waals surface area contributed by atoms with Gasteiger partial charge in [-0.2, -0.15) is 0 Å². The SMILES string of the molecule is CC(C)(C)C1CCN(C(=O)C2CC23CCNCC3)CC1. The van der Waals surface area contributed by atoms with Crippen LogP contribution in [0.2, 0.25) is 0 Å². The van der Waals surface area contributed by atoms with Gasteiger partial charge in [0.2, 0.25) is 5.91 Å². The number of hydrogen-bond donors (Lipinski definition) is 1. The highest BCUT2D eigenvalue weighted by Gasteiger charge is 2.58. The zero-order chi connectivity index (χ0) is 14.4. The quantitative estimate of drug-likeness (QED) is 0.800. The maximum absolute atomic E-state index is 12.7. The fourth-order valence-electron chi connectivity index (χ4n) is 4.36. The van der Waals surface area contributed by atoms with E-state index in [1.165, 1.54) is 25.7 Å². The first-order valence-corrected chi connectivity index (χ1v) is 8.42. The van der Waals surface area contributed by atoms with Crippen molar-refractivity contribution < 1.29 is 4.79 Å². The number of hydrogen-bond acceptors (Lipinski definition) is 2. The lowest BCUT2D eigenvalue weighted by molar-refractivity contribution is -0.135. The van der Waals surface area contributed by atoms with Gasteiger partial charge in [0.25, 0.3) is 0 Å². The van der Waals surface area contributed by atoms with Gasteiger partial charge in [-0.25, -0.2) is 0 Å². The first-order chi connectivity index (χ1) is 9.42. The van der Waals surface area contributed by atoms with E-state index in [0.717, 1.165) is 38.5 Å². The minimum absolute atomic E-state index is 0.357.